The molecule has 0 saturated carbocycles. The molecule has 3 rings (SSSR count). The van der Waals surface area contributed by atoms with Crippen molar-refractivity contribution >= 4 is 40.4 Å². The minimum atomic E-state index is -0.547. The molecule has 0 fully saturated rings. The Balaban J connectivity index is 1.58. The van der Waals surface area contributed by atoms with Gasteiger partial charge in [-0.2, -0.15) is 0 Å². The van der Waals surface area contributed by atoms with Crippen LogP contribution < -0.4 is 10.6 Å². The van der Waals surface area contributed by atoms with Gasteiger partial charge < -0.3 is 5.32 Å². The van der Waals surface area contributed by atoms with E-state index in [0.717, 1.165) is 27.9 Å². The maximum atomic E-state index is 12.1. The van der Waals surface area contributed by atoms with Crippen molar-refractivity contribution < 1.29 is 9.59 Å². The molecule has 0 bridgehead atoms. The maximum Gasteiger partial charge on any atom is 0.325 e. The van der Waals surface area contributed by atoms with Crippen molar-refractivity contribution in [3.63, 3.8) is 0 Å². The van der Waals surface area contributed by atoms with E-state index in [-0.39, 0.29) is 5.75 Å². The van der Waals surface area contributed by atoms with Crippen molar-refractivity contribution in [3.05, 3.63) is 59.3 Å². The van der Waals surface area contributed by atoms with E-state index in [1.807, 2.05) is 63.2 Å². The van der Waals surface area contributed by atoms with Crippen LogP contribution in [0.15, 0.2) is 47.5 Å². The first kappa shape index (κ1) is 18.8. The van der Waals surface area contributed by atoms with Gasteiger partial charge in [0.15, 0.2) is 0 Å². The molecule has 0 saturated heterocycles. The van der Waals surface area contributed by atoms with Gasteiger partial charge in [0.25, 0.3) is 0 Å². The smallest absolute Gasteiger partial charge is 0.307 e. The third kappa shape index (κ3) is 4.83. The Morgan fingerprint density at radius 2 is 1.70 bits per heavy atom. The van der Waals surface area contributed by atoms with Gasteiger partial charge in [0, 0.05) is 5.69 Å². The van der Waals surface area contributed by atoms with E-state index in [1.165, 1.54) is 11.8 Å². The molecule has 7 heteroatoms. The monoisotopic (exact) mass is 380 g/mol. The Hall–Kier alpha value is -2.93. The lowest BCUT2D eigenvalue weighted by atomic mass is 10.1. The number of urea groups is 1. The molecule has 6 nitrogen and oxygen atoms in total. The molecule has 0 aliphatic rings. The van der Waals surface area contributed by atoms with Crippen LogP contribution in [0.25, 0.3) is 11.0 Å². The second-order valence-electron chi connectivity index (χ2n) is 6.21. The molecule has 3 aromatic rings. The van der Waals surface area contributed by atoms with E-state index in [9.17, 15) is 9.59 Å². The van der Waals surface area contributed by atoms with E-state index >= 15 is 0 Å². The van der Waals surface area contributed by atoms with Crippen LogP contribution in [-0.4, -0.2) is 27.7 Å². The quantitative estimate of drug-likeness (QED) is 0.669. The molecule has 0 atom stereocenters. The van der Waals surface area contributed by atoms with Gasteiger partial charge >= 0.3 is 6.03 Å². The number of thioether (sulfide) groups is 1. The summed E-state index contributed by atoms with van der Waals surface area (Å²) < 4.78 is 0. The summed E-state index contributed by atoms with van der Waals surface area (Å²) in [4.78, 5) is 33.1. The predicted molar refractivity (Wildman–Crippen MR) is 108 cm³/mol. The largest absolute Gasteiger partial charge is 0.325 e. The number of aryl methyl sites for hydroxylation is 3. The summed E-state index contributed by atoms with van der Waals surface area (Å²) in [7, 11) is 0. The fraction of sp³-hybridized carbons (Fsp3) is 0.200. The Morgan fingerprint density at radius 1 is 1.00 bits per heavy atom. The van der Waals surface area contributed by atoms with Crippen LogP contribution in [0.4, 0.5) is 10.5 Å². The fourth-order valence-electron chi connectivity index (χ4n) is 2.61. The first-order valence-electron chi connectivity index (χ1n) is 8.46. The Bertz CT molecular complexity index is 1020. The second kappa shape index (κ2) is 8.18. The number of aromatic nitrogens is 2. The number of carbonyl (C=O) groups is 2. The fourth-order valence-corrected chi connectivity index (χ4v) is 3.37. The van der Waals surface area contributed by atoms with Crippen LogP contribution in [0.5, 0.6) is 0 Å². The van der Waals surface area contributed by atoms with Gasteiger partial charge in [-0.05, 0) is 44.5 Å². The summed E-state index contributed by atoms with van der Waals surface area (Å²) >= 11 is 1.26. The molecule has 0 unspecified atom stereocenters. The molecule has 1 aromatic heterocycles. The van der Waals surface area contributed by atoms with Crippen molar-refractivity contribution in [1.82, 2.24) is 15.3 Å². The number of nitrogens with zero attached hydrogens (tertiary/aromatic N) is 2. The lowest BCUT2D eigenvalue weighted by Crippen LogP contribution is -2.35. The van der Waals surface area contributed by atoms with Crippen LogP contribution >= 0.6 is 11.8 Å². The number of hydrogen-bond donors (Lipinski definition) is 2. The maximum absolute atomic E-state index is 12.1. The number of benzene rings is 2. The van der Waals surface area contributed by atoms with Gasteiger partial charge in [-0.1, -0.05) is 41.6 Å². The number of amides is 3. The van der Waals surface area contributed by atoms with Crippen molar-refractivity contribution in [3.8, 4) is 0 Å². The summed E-state index contributed by atoms with van der Waals surface area (Å²) in [5.41, 5.74) is 5.07. The number of para-hydroxylation sites is 2. The molecule has 0 aliphatic heterocycles. The van der Waals surface area contributed by atoms with Crippen LogP contribution in [0.2, 0.25) is 0 Å². The van der Waals surface area contributed by atoms with E-state index in [2.05, 4.69) is 20.6 Å². The van der Waals surface area contributed by atoms with Crippen LogP contribution in [0, 0.1) is 20.8 Å². The van der Waals surface area contributed by atoms with E-state index in [4.69, 9.17) is 0 Å². The standard InChI is InChI=1S/C20H20N4O2S/c1-12-8-9-15(13(2)10-12)23-20(26)24-18(25)11-27-19-14(3)21-16-6-4-5-7-17(16)22-19/h4-10H,11H2,1-3H3,(H2,23,24,25,26). The zero-order valence-corrected chi connectivity index (χ0v) is 16.2. The van der Waals surface area contributed by atoms with Gasteiger partial charge in [0.05, 0.1) is 22.5 Å². The topological polar surface area (TPSA) is 84.0 Å². The number of fused-ring (bicyclic) bond motifs is 1. The number of anilines is 1. The highest BCUT2D eigenvalue weighted by atomic mass is 32.2. The molecule has 1 heterocycles. The molecule has 0 aliphatic carbocycles. The highest BCUT2D eigenvalue weighted by molar-refractivity contribution is 7.99. The van der Waals surface area contributed by atoms with Crippen molar-refractivity contribution in [2.24, 2.45) is 0 Å². The SMILES string of the molecule is Cc1ccc(NC(=O)NC(=O)CSc2nc3ccccc3nc2C)c(C)c1. The summed E-state index contributed by atoms with van der Waals surface area (Å²) in [6, 6.07) is 12.7. The first-order valence-corrected chi connectivity index (χ1v) is 9.45. The minimum absolute atomic E-state index is 0.0775. The molecular formula is C20H20N4O2S. The van der Waals surface area contributed by atoms with E-state index in [1.54, 1.807) is 0 Å². The second-order valence-corrected chi connectivity index (χ2v) is 7.18. The Kier molecular flexibility index (Phi) is 5.71. The number of carbonyl (C=O) groups excluding carboxylic acids is 2. The highest BCUT2D eigenvalue weighted by Crippen LogP contribution is 2.21. The molecule has 138 valence electrons. The van der Waals surface area contributed by atoms with Gasteiger partial charge in [-0.15, -0.1) is 0 Å². The predicted octanol–water partition coefficient (Wildman–Crippen LogP) is 4.00. The normalized spacial score (nSPS) is 10.6. The average Bonchev–Trinajstić information content (AvgIpc) is 2.62. The minimum Gasteiger partial charge on any atom is -0.307 e. The summed E-state index contributed by atoms with van der Waals surface area (Å²) in [6.45, 7) is 5.74. The number of rotatable bonds is 4. The van der Waals surface area contributed by atoms with Gasteiger partial charge in [-0.3, -0.25) is 10.1 Å². The number of imide groups is 1. The van der Waals surface area contributed by atoms with Crippen LogP contribution in [-0.2, 0) is 4.79 Å². The summed E-state index contributed by atoms with van der Waals surface area (Å²) in [5, 5.41) is 5.71. The summed E-state index contributed by atoms with van der Waals surface area (Å²) in [6.07, 6.45) is 0. The Labute approximate surface area is 161 Å². The van der Waals surface area contributed by atoms with Gasteiger partial charge in [0.2, 0.25) is 5.91 Å². The van der Waals surface area contributed by atoms with E-state index in [0.29, 0.717) is 10.7 Å². The molecular weight excluding hydrogens is 360 g/mol. The number of nitrogens with one attached hydrogen (secondary N) is 2. The highest BCUT2D eigenvalue weighted by Gasteiger charge is 2.12. The zero-order chi connectivity index (χ0) is 19.4. The molecule has 3 amide bonds. The van der Waals surface area contributed by atoms with Crippen LogP contribution in [0.1, 0.15) is 16.8 Å². The molecule has 0 spiro atoms. The van der Waals surface area contributed by atoms with Gasteiger partial charge in [0.1, 0.15) is 5.03 Å². The average molecular weight is 380 g/mol. The third-order valence-corrected chi connectivity index (χ3v) is 4.99. The first-order chi connectivity index (χ1) is 12.9. The third-order valence-electron chi connectivity index (χ3n) is 3.92. The van der Waals surface area contributed by atoms with Crippen molar-refractivity contribution in [2.75, 3.05) is 11.1 Å². The van der Waals surface area contributed by atoms with Gasteiger partial charge in [-0.25, -0.2) is 14.8 Å². The molecule has 0 radical (unpaired) electrons. The summed E-state index contributed by atoms with van der Waals surface area (Å²) in [5.74, 6) is -0.314. The lowest BCUT2D eigenvalue weighted by molar-refractivity contribution is -0.117. The van der Waals surface area contributed by atoms with Crippen molar-refractivity contribution in [1.29, 1.82) is 0 Å². The van der Waals surface area contributed by atoms with E-state index < -0.39 is 11.9 Å². The Morgan fingerprint density at radius 3 is 2.41 bits per heavy atom. The molecule has 2 N–H and O–H groups in total. The number of hydrogen-bond acceptors (Lipinski definition) is 5. The van der Waals surface area contributed by atoms with Crippen molar-refractivity contribution in [2.45, 2.75) is 25.8 Å². The van der Waals surface area contributed by atoms with Crippen LogP contribution in [0.3, 0.4) is 0 Å². The lowest BCUT2D eigenvalue weighted by Gasteiger charge is -2.10. The zero-order valence-electron chi connectivity index (χ0n) is 15.4. The molecule has 27 heavy (non-hydrogen) atoms. The molecule has 2 aromatic carbocycles.